The minimum atomic E-state index is -1.12. The smallest absolute Gasteiger partial charge is 0.338 e. The van der Waals surface area contributed by atoms with Crippen molar-refractivity contribution in [3.63, 3.8) is 0 Å². The SMILES string of the molecule is CC(O)C1CCN(C(=O)c2cc(C(=O)O)co2)C1. The van der Waals surface area contributed by atoms with Crippen molar-refractivity contribution in [2.24, 2.45) is 5.92 Å². The summed E-state index contributed by atoms with van der Waals surface area (Å²) in [5.74, 6) is -1.35. The topological polar surface area (TPSA) is 91.0 Å². The number of aliphatic hydroxyl groups excluding tert-OH is 1. The van der Waals surface area contributed by atoms with Gasteiger partial charge in [-0.1, -0.05) is 0 Å². The summed E-state index contributed by atoms with van der Waals surface area (Å²) in [5.41, 5.74) is -0.0374. The third-order valence-corrected chi connectivity index (χ3v) is 3.25. The van der Waals surface area contributed by atoms with Crippen LogP contribution in [-0.4, -0.2) is 46.2 Å². The predicted molar refractivity (Wildman–Crippen MR) is 61.4 cm³/mol. The Morgan fingerprint density at radius 3 is 2.78 bits per heavy atom. The van der Waals surface area contributed by atoms with Gasteiger partial charge in [-0.25, -0.2) is 4.79 Å². The van der Waals surface area contributed by atoms with Crippen LogP contribution in [0.5, 0.6) is 0 Å². The summed E-state index contributed by atoms with van der Waals surface area (Å²) in [6, 6.07) is 1.22. The van der Waals surface area contributed by atoms with Crippen molar-refractivity contribution in [3.8, 4) is 0 Å². The van der Waals surface area contributed by atoms with Crippen LogP contribution in [0.15, 0.2) is 16.7 Å². The van der Waals surface area contributed by atoms with Gasteiger partial charge in [-0.05, 0) is 13.3 Å². The minimum Gasteiger partial charge on any atom is -0.478 e. The first kappa shape index (κ1) is 12.6. The van der Waals surface area contributed by atoms with Crippen LogP contribution >= 0.6 is 0 Å². The van der Waals surface area contributed by atoms with Crippen molar-refractivity contribution in [2.45, 2.75) is 19.4 Å². The molecule has 0 spiro atoms. The molecule has 2 atom stereocenters. The number of hydrogen-bond donors (Lipinski definition) is 2. The summed E-state index contributed by atoms with van der Waals surface area (Å²) < 4.78 is 4.96. The molecule has 2 unspecified atom stereocenters. The largest absolute Gasteiger partial charge is 0.478 e. The Hall–Kier alpha value is -1.82. The maximum Gasteiger partial charge on any atom is 0.338 e. The number of rotatable bonds is 3. The first-order chi connectivity index (χ1) is 8.49. The maximum absolute atomic E-state index is 12.0. The third kappa shape index (κ3) is 2.38. The Bertz CT molecular complexity index is 465. The van der Waals surface area contributed by atoms with Gasteiger partial charge in [0.1, 0.15) is 6.26 Å². The summed E-state index contributed by atoms with van der Waals surface area (Å²) >= 11 is 0. The average Bonchev–Trinajstić information content (AvgIpc) is 2.97. The van der Waals surface area contributed by atoms with E-state index in [2.05, 4.69) is 0 Å². The zero-order valence-electron chi connectivity index (χ0n) is 10.00. The lowest BCUT2D eigenvalue weighted by Crippen LogP contribution is -2.30. The third-order valence-electron chi connectivity index (χ3n) is 3.25. The van der Waals surface area contributed by atoms with Gasteiger partial charge in [0, 0.05) is 25.1 Å². The molecule has 6 nitrogen and oxygen atoms in total. The second-order valence-electron chi connectivity index (χ2n) is 4.55. The first-order valence-corrected chi connectivity index (χ1v) is 5.78. The van der Waals surface area contributed by atoms with Gasteiger partial charge >= 0.3 is 5.97 Å². The highest BCUT2D eigenvalue weighted by molar-refractivity contribution is 5.95. The van der Waals surface area contributed by atoms with Crippen LogP contribution in [0.25, 0.3) is 0 Å². The summed E-state index contributed by atoms with van der Waals surface area (Å²) in [7, 11) is 0. The lowest BCUT2D eigenvalue weighted by molar-refractivity contribution is 0.0693. The number of amides is 1. The molecule has 1 aliphatic rings. The van der Waals surface area contributed by atoms with Crippen LogP contribution < -0.4 is 0 Å². The van der Waals surface area contributed by atoms with Crippen molar-refractivity contribution in [1.29, 1.82) is 0 Å². The highest BCUT2D eigenvalue weighted by Gasteiger charge is 2.31. The average molecular weight is 253 g/mol. The molecular weight excluding hydrogens is 238 g/mol. The van der Waals surface area contributed by atoms with Crippen LogP contribution in [0.3, 0.4) is 0 Å². The van der Waals surface area contributed by atoms with E-state index in [-0.39, 0.29) is 23.1 Å². The quantitative estimate of drug-likeness (QED) is 0.832. The molecule has 0 aliphatic carbocycles. The molecule has 1 aromatic heterocycles. The zero-order chi connectivity index (χ0) is 13.3. The van der Waals surface area contributed by atoms with Gasteiger partial charge in [-0.2, -0.15) is 0 Å². The van der Waals surface area contributed by atoms with E-state index in [4.69, 9.17) is 9.52 Å². The molecule has 1 aromatic rings. The normalized spacial score (nSPS) is 21.0. The van der Waals surface area contributed by atoms with Gasteiger partial charge in [0.15, 0.2) is 5.76 Å². The number of carbonyl (C=O) groups excluding carboxylic acids is 1. The van der Waals surface area contributed by atoms with Crippen molar-refractivity contribution in [3.05, 3.63) is 23.7 Å². The molecule has 1 amide bonds. The predicted octanol–water partition coefficient (Wildman–Crippen LogP) is 0.821. The van der Waals surface area contributed by atoms with Crippen molar-refractivity contribution in [1.82, 2.24) is 4.90 Å². The van der Waals surface area contributed by atoms with E-state index in [1.807, 2.05) is 0 Å². The Labute approximate surface area is 104 Å². The van der Waals surface area contributed by atoms with E-state index in [1.54, 1.807) is 11.8 Å². The summed E-state index contributed by atoms with van der Waals surface area (Å²) in [6.07, 6.45) is 1.35. The molecule has 2 N–H and O–H groups in total. The van der Waals surface area contributed by atoms with Crippen LogP contribution in [0, 0.1) is 5.92 Å². The van der Waals surface area contributed by atoms with E-state index >= 15 is 0 Å². The van der Waals surface area contributed by atoms with Crippen LogP contribution in [0.1, 0.15) is 34.3 Å². The van der Waals surface area contributed by atoms with Crippen molar-refractivity contribution in [2.75, 3.05) is 13.1 Å². The second kappa shape index (κ2) is 4.81. The number of furan rings is 1. The molecule has 2 rings (SSSR count). The molecule has 1 saturated heterocycles. The maximum atomic E-state index is 12.0. The number of nitrogens with zero attached hydrogens (tertiary/aromatic N) is 1. The fourth-order valence-electron chi connectivity index (χ4n) is 2.08. The summed E-state index contributed by atoms with van der Waals surface area (Å²) in [4.78, 5) is 24.3. The number of aliphatic hydroxyl groups is 1. The van der Waals surface area contributed by atoms with Crippen LogP contribution in [0.4, 0.5) is 0 Å². The molecule has 98 valence electrons. The standard InChI is InChI=1S/C12H15NO5/c1-7(14)8-2-3-13(5-8)11(15)10-4-9(6-18-10)12(16)17/h4,6-8,14H,2-3,5H2,1H3,(H,16,17). The zero-order valence-corrected chi connectivity index (χ0v) is 10.00. The molecule has 2 heterocycles. The number of aromatic carboxylic acids is 1. The second-order valence-corrected chi connectivity index (χ2v) is 4.55. The Kier molecular flexibility index (Phi) is 3.38. The number of carbonyl (C=O) groups is 2. The Morgan fingerprint density at radius 2 is 2.28 bits per heavy atom. The number of hydrogen-bond acceptors (Lipinski definition) is 4. The molecule has 18 heavy (non-hydrogen) atoms. The molecule has 0 aromatic carbocycles. The van der Waals surface area contributed by atoms with Gasteiger partial charge in [0.05, 0.1) is 11.7 Å². The summed E-state index contributed by atoms with van der Waals surface area (Å²) in [5, 5.41) is 18.2. The molecule has 6 heteroatoms. The number of carboxylic acids is 1. The Morgan fingerprint density at radius 1 is 1.56 bits per heavy atom. The van der Waals surface area contributed by atoms with Gasteiger partial charge in [0.25, 0.3) is 5.91 Å². The van der Waals surface area contributed by atoms with E-state index < -0.39 is 12.1 Å². The fraction of sp³-hybridized carbons (Fsp3) is 0.500. The van der Waals surface area contributed by atoms with Gasteiger partial charge in [0.2, 0.25) is 0 Å². The number of carboxylic acid groups (broad SMARTS) is 1. The lowest BCUT2D eigenvalue weighted by Gasteiger charge is -2.16. The Balaban J connectivity index is 2.05. The first-order valence-electron chi connectivity index (χ1n) is 5.78. The van der Waals surface area contributed by atoms with E-state index in [0.717, 1.165) is 12.7 Å². The van der Waals surface area contributed by atoms with Gasteiger partial charge in [-0.15, -0.1) is 0 Å². The fourth-order valence-corrected chi connectivity index (χ4v) is 2.08. The molecular formula is C12H15NO5. The van der Waals surface area contributed by atoms with Gasteiger partial charge < -0.3 is 19.5 Å². The van der Waals surface area contributed by atoms with Crippen LogP contribution in [-0.2, 0) is 0 Å². The molecule has 1 fully saturated rings. The molecule has 1 aliphatic heterocycles. The van der Waals surface area contributed by atoms with E-state index in [1.165, 1.54) is 6.07 Å². The van der Waals surface area contributed by atoms with Crippen molar-refractivity contribution < 1.29 is 24.2 Å². The van der Waals surface area contributed by atoms with E-state index in [9.17, 15) is 14.7 Å². The lowest BCUT2D eigenvalue weighted by atomic mass is 10.0. The van der Waals surface area contributed by atoms with Crippen LogP contribution in [0.2, 0.25) is 0 Å². The summed E-state index contributed by atoms with van der Waals surface area (Å²) in [6.45, 7) is 2.73. The van der Waals surface area contributed by atoms with Gasteiger partial charge in [-0.3, -0.25) is 4.79 Å². The highest BCUT2D eigenvalue weighted by Crippen LogP contribution is 2.22. The highest BCUT2D eigenvalue weighted by atomic mass is 16.4. The molecule has 0 radical (unpaired) electrons. The molecule has 0 bridgehead atoms. The van der Waals surface area contributed by atoms with Crippen molar-refractivity contribution >= 4 is 11.9 Å². The number of likely N-dealkylation sites (tertiary alicyclic amines) is 1. The van der Waals surface area contributed by atoms with E-state index in [0.29, 0.717) is 13.1 Å². The minimum absolute atomic E-state index is 0.0265. The molecule has 0 saturated carbocycles. The monoisotopic (exact) mass is 253 g/mol.